The number of hydrogen-bond donors (Lipinski definition) is 0. The molecule has 0 aromatic carbocycles. The molecule has 0 spiro atoms. The van der Waals surface area contributed by atoms with Gasteiger partial charge >= 0.3 is 0 Å². The van der Waals surface area contributed by atoms with Crippen LogP contribution in [0.3, 0.4) is 0 Å². The van der Waals surface area contributed by atoms with E-state index in [1.807, 2.05) is 6.07 Å². The molecule has 5 nitrogen and oxygen atoms in total. The molecule has 0 aliphatic carbocycles. The van der Waals surface area contributed by atoms with E-state index in [9.17, 15) is 0 Å². The zero-order valence-corrected chi connectivity index (χ0v) is 15.2. The molecule has 3 rings (SSSR count). The molecule has 2 aliphatic heterocycles. The van der Waals surface area contributed by atoms with Crippen LogP contribution in [0, 0.1) is 0 Å². The number of likely N-dealkylation sites (tertiary alicyclic amines) is 2. The first-order valence-corrected chi connectivity index (χ1v) is 8.74. The van der Waals surface area contributed by atoms with E-state index in [0.29, 0.717) is 42.1 Å². The van der Waals surface area contributed by atoms with Crippen molar-refractivity contribution in [3.8, 4) is 11.6 Å². The molecule has 0 saturated carbocycles. The highest BCUT2D eigenvalue weighted by atomic mass is 79.9. The number of hydrogen-bond acceptors (Lipinski definition) is 5. The Labute approximate surface area is 144 Å². The fraction of sp³-hybridized carbons (Fsp3) is 0.667. The number of aromatic nitrogens is 1. The van der Waals surface area contributed by atoms with Crippen molar-refractivity contribution < 1.29 is 9.47 Å². The van der Waals surface area contributed by atoms with Gasteiger partial charge in [0.15, 0.2) is 5.75 Å². The quantitative estimate of drug-likeness (QED) is 0.698. The van der Waals surface area contributed by atoms with Gasteiger partial charge in [0, 0.05) is 18.2 Å². The third-order valence-electron chi connectivity index (χ3n) is 4.59. The molecular formula is C15H21BrClN3O2. The molecule has 22 heavy (non-hydrogen) atoms. The Morgan fingerprint density at radius 1 is 1.18 bits per heavy atom. The summed E-state index contributed by atoms with van der Waals surface area (Å²) in [6.07, 6.45) is 2.32. The summed E-state index contributed by atoms with van der Waals surface area (Å²) >= 11 is 9.49. The topological polar surface area (TPSA) is 37.8 Å². The lowest BCUT2D eigenvalue weighted by Gasteiger charge is -2.38. The van der Waals surface area contributed by atoms with Crippen molar-refractivity contribution in [2.45, 2.75) is 24.9 Å². The van der Waals surface area contributed by atoms with Crippen molar-refractivity contribution in [3.63, 3.8) is 0 Å². The Balaban J connectivity index is 1.64. The monoisotopic (exact) mass is 389 g/mol. The molecule has 2 atom stereocenters. The van der Waals surface area contributed by atoms with Gasteiger partial charge in [-0.1, -0.05) is 11.6 Å². The van der Waals surface area contributed by atoms with Crippen molar-refractivity contribution in [1.29, 1.82) is 0 Å². The average molecular weight is 391 g/mol. The Kier molecular flexibility index (Phi) is 5.12. The lowest BCUT2D eigenvalue weighted by molar-refractivity contribution is 0.0646. The van der Waals surface area contributed by atoms with Crippen LogP contribution in [0.25, 0.3) is 0 Å². The van der Waals surface area contributed by atoms with Crippen molar-refractivity contribution >= 4 is 27.5 Å². The van der Waals surface area contributed by atoms with Gasteiger partial charge in [-0.2, -0.15) is 4.98 Å². The molecule has 1 aromatic rings. The van der Waals surface area contributed by atoms with Crippen LogP contribution in [0.2, 0.25) is 5.15 Å². The van der Waals surface area contributed by atoms with Crippen molar-refractivity contribution in [2.24, 2.45) is 0 Å². The first-order chi connectivity index (χ1) is 10.5. The van der Waals surface area contributed by atoms with Gasteiger partial charge in [-0.3, -0.25) is 9.80 Å². The van der Waals surface area contributed by atoms with Crippen LogP contribution < -0.4 is 9.47 Å². The molecule has 2 saturated heterocycles. The number of likely N-dealkylation sites (N-methyl/N-ethyl adjacent to an activating group) is 2. The average Bonchev–Trinajstić information content (AvgIpc) is 2.48. The van der Waals surface area contributed by atoms with E-state index >= 15 is 0 Å². The number of rotatable bonds is 6. The predicted molar refractivity (Wildman–Crippen MR) is 90.0 cm³/mol. The third-order valence-corrected chi connectivity index (χ3v) is 5.71. The van der Waals surface area contributed by atoms with Crippen LogP contribution >= 0.6 is 27.5 Å². The van der Waals surface area contributed by atoms with Crippen LogP contribution in [0.5, 0.6) is 11.6 Å². The molecule has 0 radical (unpaired) electrons. The fourth-order valence-corrected chi connectivity index (χ4v) is 2.99. The molecule has 0 bridgehead atoms. The second-order valence-corrected chi connectivity index (χ2v) is 7.24. The molecule has 1 aromatic heterocycles. The normalized spacial score (nSPS) is 25.5. The van der Waals surface area contributed by atoms with E-state index in [2.05, 4.69) is 44.8 Å². The van der Waals surface area contributed by atoms with Crippen molar-refractivity contribution in [1.82, 2.24) is 14.8 Å². The maximum Gasteiger partial charge on any atom is 0.258 e. The molecule has 0 N–H and O–H groups in total. The molecule has 2 aliphatic rings. The predicted octanol–water partition coefficient (Wildman–Crippen LogP) is 2.66. The summed E-state index contributed by atoms with van der Waals surface area (Å²) in [6.45, 7) is 3.51. The first kappa shape index (κ1) is 16.3. The van der Waals surface area contributed by atoms with Crippen molar-refractivity contribution in [2.75, 3.05) is 40.4 Å². The Morgan fingerprint density at radius 3 is 2.27 bits per heavy atom. The van der Waals surface area contributed by atoms with Gasteiger partial charge in [0.25, 0.3) is 5.88 Å². The summed E-state index contributed by atoms with van der Waals surface area (Å²) in [5.41, 5.74) is 0. The van der Waals surface area contributed by atoms with E-state index < -0.39 is 0 Å². The van der Waals surface area contributed by atoms with Crippen LogP contribution in [-0.4, -0.2) is 67.3 Å². The molecule has 7 heteroatoms. The number of halogens is 2. The largest absolute Gasteiger partial charge is 0.486 e. The molecule has 0 amide bonds. The van der Waals surface area contributed by atoms with Gasteiger partial charge in [0.1, 0.15) is 18.4 Å². The lowest BCUT2D eigenvalue weighted by atomic mass is 10.1. The van der Waals surface area contributed by atoms with Gasteiger partial charge in [0.2, 0.25) is 0 Å². The zero-order chi connectivity index (χ0) is 15.7. The molecule has 0 unspecified atom stereocenters. The minimum atomic E-state index is 0.394. The highest BCUT2D eigenvalue weighted by Crippen LogP contribution is 2.34. The summed E-state index contributed by atoms with van der Waals surface area (Å²) in [4.78, 5) is 8.86. The second kappa shape index (κ2) is 6.91. The van der Waals surface area contributed by atoms with E-state index in [-0.39, 0.29) is 0 Å². The summed E-state index contributed by atoms with van der Waals surface area (Å²) in [7, 11) is 4.21. The fourth-order valence-electron chi connectivity index (χ4n) is 2.56. The molecule has 3 heterocycles. The number of ether oxygens (including phenoxy) is 2. The minimum absolute atomic E-state index is 0.394. The highest BCUT2D eigenvalue weighted by molar-refractivity contribution is 9.10. The van der Waals surface area contributed by atoms with Crippen LogP contribution in [0.4, 0.5) is 0 Å². The SMILES string of the molecule is CN1CC[C@H]1COc1cc(Br)c(Cl)nc1OC[C@@H]1CCN1C. The smallest absolute Gasteiger partial charge is 0.258 e. The van der Waals surface area contributed by atoms with Crippen LogP contribution in [0.1, 0.15) is 12.8 Å². The molecular weight excluding hydrogens is 370 g/mol. The van der Waals surface area contributed by atoms with E-state index in [1.54, 1.807) is 0 Å². The standard InChI is InChI=1S/C15H21BrClN3O2/c1-19-5-3-10(19)8-21-13-7-12(16)14(17)18-15(13)22-9-11-4-6-20(11)2/h7,10-11H,3-6,8-9H2,1-2H3/t10-,11-/m0/s1. The van der Waals surface area contributed by atoms with E-state index in [1.165, 1.54) is 6.42 Å². The van der Waals surface area contributed by atoms with Gasteiger partial charge in [-0.15, -0.1) is 0 Å². The third kappa shape index (κ3) is 3.50. The van der Waals surface area contributed by atoms with Gasteiger partial charge in [-0.05, 0) is 56.0 Å². The van der Waals surface area contributed by atoms with Gasteiger partial charge in [-0.25, -0.2) is 0 Å². The summed E-state index contributed by atoms with van der Waals surface area (Å²) in [5, 5.41) is 0.394. The molecule has 2 fully saturated rings. The lowest BCUT2D eigenvalue weighted by Crippen LogP contribution is -2.48. The Bertz CT molecular complexity index is 499. The maximum absolute atomic E-state index is 6.09. The number of pyridine rings is 1. The van der Waals surface area contributed by atoms with E-state index in [0.717, 1.165) is 24.0 Å². The van der Waals surface area contributed by atoms with Gasteiger partial charge in [0.05, 0.1) is 4.47 Å². The van der Waals surface area contributed by atoms with Crippen LogP contribution in [0.15, 0.2) is 10.5 Å². The summed E-state index contributed by atoms with van der Waals surface area (Å²) in [6, 6.07) is 2.77. The maximum atomic E-state index is 6.09. The van der Waals surface area contributed by atoms with E-state index in [4.69, 9.17) is 21.1 Å². The van der Waals surface area contributed by atoms with Crippen LogP contribution in [-0.2, 0) is 0 Å². The summed E-state index contributed by atoms with van der Waals surface area (Å²) in [5.74, 6) is 1.13. The minimum Gasteiger partial charge on any atom is -0.486 e. The number of nitrogens with zero attached hydrogens (tertiary/aromatic N) is 3. The summed E-state index contributed by atoms with van der Waals surface area (Å²) < 4.78 is 12.5. The Hall–Kier alpha value is -0.560. The zero-order valence-electron chi connectivity index (χ0n) is 12.9. The second-order valence-electron chi connectivity index (χ2n) is 6.03. The highest BCUT2D eigenvalue weighted by Gasteiger charge is 2.27. The van der Waals surface area contributed by atoms with Crippen molar-refractivity contribution in [3.05, 3.63) is 15.7 Å². The Morgan fingerprint density at radius 2 is 1.77 bits per heavy atom. The van der Waals surface area contributed by atoms with Gasteiger partial charge < -0.3 is 9.47 Å². The molecule has 122 valence electrons. The first-order valence-electron chi connectivity index (χ1n) is 7.56.